The van der Waals surface area contributed by atoms with Crippen LogP contribution in [-0.4, -0.2) is 59.3 Å². The summed E-state index contributed by atoms with van der Waals surface area (Å²) >= 11 is 0. The highest BCUT2D eigenvalue weighted by atomic mass is 16.3. The summed E-state index contributed by atoms with van der Waals surface area (Å²) < 4.78 is 0. The molecular formula is C29H42N2O2. The predicted molar refractivity (Wildman–Crippen MR) is 135 cm³/mol. The molecule has 4 nitrogen and oxygen atoms in total. The first kappa shape index (κ1) is 24.4. The number of aliphatic hydroxyl groups excluding tert-OH is 2. The van der Waals surface area contributed by atoms with Gasteiger partial charge in [-0.2, -0.15) is 0 Å². The normalized spacial score (nSPS) is 21.2. The lowest BCUT2D eigenvalue weighted by atomic mass is 9.86. The number of hydrogen-bond donors (Lipinski definition) is 2. The average Bonchev–Trinajstić information content (AvgIpc) is 2.87. The largest absolute Gasteiger partial charge is 0.387 e. The number of aliphatic hydroxyl groups is 2. The van der Waals surface area contributed by atoms with Gasteiger partial charge in [0, 0.05) is 13.1 Å². The maximum atomic E-state index is 10.5. The lowest BCUT2D eigenvalue weighted by molar-refractivity contribution is 0.0833. The van der Waals surface area contributed by atoms with E-state index >= 15 is 0 Å². The fraction of sp³-hybridized carbons (Fsp3) is 0.586. The van der Waals surface area contributed by atoms with E-state index in [9.17, 15) is 10.2 Å². The summed E-state index contributed by atoms with van der Waals surface area (Å²) in [5.74, 6) is 1.72. The molecule has 0 aromatic heterocycles. The summed E-state index contributed by atoms with van der Waals surface area (Å²) in [6, 6.07) is 20.1. The first-order chi connectivity index (χ1) is 16.2. The third-order valence-corrected chi connectivity index (χ3v) is 7.87. The summed E-state index contributed by atoms with van der Waals surface area (Å²) in [4.78, 5) is 4.88. The molecule has 180 valence electrons. The summed E-state index contributed by atoms with van der Waals surface area (Å²) in [5.41, 5.74) is 2.06. The highest BCUT2D eigenvalue weighted by Crippen LogP contribution is 2.28. The maximum Gasteiger partial charge on any atom is 0.0916 e. The average molecular weight is 451 g/mol. The van der Waals surface area contributed by atoms with E-state index in [1.807, 2.05) is 60.7 Å². The fourth-order valence-corrected chi connectivity index (χ4v) is 5.66. The number of piperidine rings is 2. The molecule has 0 bridgehead atoms. The number of benzene rings is 2. The third-order valence-electron chi connectivity index (χ3n) is 7.87. The molecule has 2 aliphatic heterocycles. The molecule has 0 radical (unpaired) electrons. The molecule has 0 spiro atoms. The Morgan fingerprint density at radius 3 is 1.33 bits per heavy atom. The smallest absolute Gasteiger partial charge is 0.0916 e. The Hall–Kier alpha value is -1.72. The molecule has 2 aromatic carbocycles. The van der Waals surface area contributed by atoms with Gasteiger partial charge in [0.15, 0.2) is 0 Å². The molecule has 4 heteroatoms. The number of hydrogen-bond acceptors (Lipinski definition) is 4. The Morgan fingerprint density at radius 1 is 0.606 bits per heavy atom. The van der Waals surface area contributed by atoms with E-state index in [2.05, 4.69) is 9.80 Å². The topological polar surface area (TPSA) is 46.9 Å². The van der Waals surface area contributed by atoms with Crippen LogP contribution in [0.2, 0.25) is 0 Å². The van der Waals surface area contributed by atoms with Crippen molar-refractivity contribution in [2.24, 2.45) is 11.8 Å². The zero-order valence-corrected chi connectivity index (χ0v) is 20.1. The molecule has 2 atom stereocenters. The SMILES string of the molecule is O[C@H](CN1CCC(CCCC2CCN(C[C@H](O)c3ccccc3)CC2)CC1)c1ccccc1. The van der Waals surface area contributed by atoms with Crippen LogP contribution in [0.1, 0.15) is 68.3 Å². The number of rotatable bonds is 10. The Kier molecular flexibility index (Phi) is 9.36. The van der Waals surface area contributed by atoms with Crippen LogP contribution in [0.3, 0.4) is 0 Å². The first-order valence-corrected chi connectivity index (χ1v) is 13.1. The highest BCUT2D eigenvalue weighted by molar-refractivity contribution is 5.18. The number of β-amino-alcohol motifs (C(OH)–C–C–N with tert-alkyl or cyclic N) is 2. The van der Waals surface area contributed by atoms with Crippen molar-refractivity contribution in [2.75, 3.05) is 39.3 Å². The van der Waals surface area contributed by atoms with Crippen LogP contribution in [0.4, 0.5) is 0 Å². The third kappa shape index (κ3) is 7.65. The van der Waals surface area contributed by atoms with E-state index in [0.29, 0.717) is 0 Å². The van der Waals surface area contributed by atoms with Crippen LogP contribution < -0.4 is 0 Å². The molecule has 2 N–H and O–H groups in total. The van der Waals surface area contributed by atoms with Crippen molar-refractivity contribution in [3.05, 3.63) is 71.8 Å². The van der Waals surface area contributed by atoms with Crippen LogP contribution in [0.25, 0.3) is 0 Å². The zero-order valence-electron chi connectivity index (χ0n) is 20.1. The van der Waals surface area contributed by atoms with Crippen molar-refractivity contribution in [3.63, 3.8) is 0 Å². The minimum atomic E-state index is -0.373. The van der Waals surface area contributed by atoms with Gasteiger partial charge in [0.2, 0.25) is 0 Å². The minimum absolute atomic E-state index is 0.373. The molecular weight excluding hydrogens is 408 g/mol. The van der Waals surface area contributed by atoms with Crippen molar-refractivity contribution in [3.8, 4) is 0 Å². The van der Waals surface area contributed by atoms with Crippen molar-refractivity contribution >= 4 is 0 Å². The van der Waals surface area contributed by atoms with Gasteiger partial charge in [0.1, 0.15) is 0 Å². The lowest BCUT2D eigenvalue weighted by Gasteiger charge is -2.34. The van der Waals surface area contributed by atoms with Gasteiger partial charge < -0.3 is 20.0 Å². The van der Waals surface area contributed by atoms with Crippen LogP contribution in [-0.2, 0) is 0 Å². The first-order valence-electron chi connectivity index (χ1n) is 13.1. The molecule has 2 heterocycles. The molecule has 2 aromatic rings. The van der Waals surface area contributed by atoms with Gasteiger partial charge in [-0.25, -0.2) is 0 Å². The Morgan fingerprint density at radius 2 is 0.970 bits per heavy atom. The van der Waals surface area contributed by atoms with E-state index in [1.165, 1.54) is 44.9 Å². The molecule has 2 fully saturated rings. The quantitative estimate of drug-likeness (QED) is 0.532. The Labute approximate surface area is 200 Å². The standard InChI is InChI=1S/C29H42N2O2/c32-28(26-10-3-1-4-11-26)22-30-18-14-24(15-19-30)8-7-9-25-16-20-31(21-17-25)23-29(33)27-12-5-2-6-13-27/h1-6,10-13,24-25,28-29,32-33H,7-9,14-23H2/t28-,29+. The second kappa shape index (κ2) is 12.7. The molecule has 0 amide bonds. The van der Waals surface area contributed by atoms with E-state index < -0.39 is 0 Å². The minimum Gasteiger partial charge on any atom is -0.387 e. The predicted octanol–water partition coefficient (Wildman–Crippen LogP) is 5.05. The van der Waals surface area contributed by atoms with Gasteiger partial charge in [-0.3, -0.25) is 0 Å². The summed E-state index contributed by atoms with van der Waals surface area (Å²) in [7, 11) is 0. The monoisotopic (exact) mass is 450 g/mol. The Bertz CT molecular complexity index is 716. The van der Waals surface area contributed by atoms with Gasteiger partial charge in [0.05, 0.1) is 12.2 Å². The Balaban J connectivity index is 1.07. The molecule has 4 rings (SSSR count). The molecule has 2 aliphatic rings. The van der Waals surface area contributed by atoms with Gasteiger partial charge in [-0.1, -0.05) is 79.9 Å². The lowest BCUT2D eigenvalue weighted by Crippen LogP contribution is -2.37. The zero-order chi connectivity index (χ0) is 22.9. The number of nitrogens with zero attached hydrogens (tertiary/aromatic N) is 2. The van der Waals surface area contributed by atoms with Crippen LogP contribution in [0.15, 0.2) is 60.7 Å². The summed E-state index contributed by atoms with van der Waals surface area (Å²) in [5, 5.41) is 21.0. The molecule has 0 saturated carbocycles. The van der Waals surface area contributed by atoms with Crippen molar-refractivity contribution in [1.29, 1.82) is 0 Å². The van der Waals surface area contributed by atoms with Gasteiger partial charge in [-0.15, -0.1) is 0 Å². The van der Waals surface area contributed by atoms with Gasteiger partial charge in [0.25, 0.3) is 0 Å². The summed E-state index contributed by atoms with van der Waals surface area (Å²) in [6.45, 7) is 6.00. The van der Waals surface area contributed by atoms with Gasteiger partial charge >= 0.3 is 0 Å². The van der Waals surface area contributed by atoms with Crippen LogP contribution >= 0.6 is 0 Å². The van der Waals surface area contributed by atoms with E-state index in [0.717, 1.165) is 62.2 Å². The maximum absolute atomic E-state index is 10.5. The molecule has 0 aliphatic carbocycles. The molecule has 33 heavy (non-hydrogen) atoms. The highest BCUT2D eigenvalue weighted by Gasteiger charge is 2.24. The van der Waals surface area contributed by atoms with E-state index in [-0.39, 0.29) is 12.2 Å². The van der Waals surface area contributed by atoms with Gasteiger partial charge in [-0.05, 0) is 74.8 Å². The van der Waals surface area contributed by atoms with Crippen molar-refractivity contribution in [2.45, 2.75) is 57.2 Å². The van der Waals surface area contributed by atoms with Crippen LogP contribution in [0.5, 0.6) is 0 Å². The van der Waals surface area contributed by atoms with Crippen molar-refractivity contribution in [1.82, 2.24) is 9.80 Å². The number of likely N-dealkylation sites (tertiary alicyclic amines) is 2. The fourth-order valence-electron chi connectivity index (χ4n) is 5.66. The summed E-state index contributed by atoms with van der Waals surface area (Å²) in [6.07, 6.45) is 8.44. The van der Waals surface area contributed by atoms with E-state index in [4.69, 9.17) is 0 Å². The second-order valence-corrected chi connectivity index (χ2v) is 10.3. The molecule has 2 saturated heterocycles. The second-order valence-electron chi connectivity index (χ2n) is 10.3. The molecule has 0 unspecified atom stereocenters. The van der Waals surface area contributed by atoms with Crippen LogP contribution in [0, 0.1) is 11.8 Å². The van der Waals surface area contributed by atoms with E-state index in [1.54, 1.807) is 0 Å². The van der Waals surface area contributed by atoms with Crippen molar-refractivity contribution < 1.29 is 10.2 Å².